The molecule has 0 radical (unpaired) electrons. The lowest BCUT2D eigenvalue weighted by molar-refractivity contribution is -0.124. The second-order valence-corrected chi connectivity index (χ2v) is 11.0. The molecule has 0 N–H and O–H groups in total. The number of hydrogen-bond donors (Lipinski definition) is 0. The molecule has 1 spiro atoms. The molecule has 3 aromatic carbocycles. The first-order valence-electron chi connectivity index (χ1n) is 13.7. The third-order valence-corrected chi connectivity index (χ3v) is 8.55. The van der Waals surface area contributed by atoms with Gasteiger partial charge in [-0.3, -0.25) is 14.5 Å². The third-order valence-electron chi connectivity index (χ3n) is 8.32. The van der Waals surface area contributed by atoms with Crippen molar-refractivity contribution in [3.8, 4) is 6.07 Å². The van der Waals surface area contributed by atoms with Gasteiger partial charge >= 0.3 is 0 Å². The van der Waals surface area contributed by atoms with Crippen LogP contribution in [0.4, 0.5) is 15.8 Å². The Kier molecular flexibility index (Phi) is 6.10. The molecule has 1 aliphatic carbocycles. The minimum absolute atomic E-state index is 0.0450. The number of carbonyl (C=O) groups excluding carboxylic acids is 2. The molecule has 0 fully saturated rings. The summed E-state index contributed by atoms with van der Waals surface area (Å²) >= 11 is 6.44. The van der Waals surface area contributed by atoms with Gasteiger partial charge in [0.2, 0.25) is 5.91 Å². The largest absolute Gasteiger partial charge is 0.309 e. The van der Waals surface area contributed by atoms with Crippen LogP contribution in [0.3, 0.4) is 0 Å². The van der Waals surface area contributed by atoms with Crippen LogP contribution in [0.15, 0.2) is 114 Å². The molecule has 3 aliphatic rings. The SMILES string of the molecule is N#CC1=C(n2cccc2)N(c2cccc(Cl)c2)C2=C(C(=O)CCC2)[C@]12C(=O)N(Cc1ccccc1F)c1ccccc12. The van der Waals surface area contributed by atoms with Crippen molar-refractivity contribution in [2.75, 3.05) is 9.80 Å². The van der Waals surface area contributed by atoms with Crippen molar-refractivity contribution in [2.24, 2.45) is 0 Å². The first kappa shape index (κ1) is 26.0. The Hall–Kier alpha value is -4.93. The van der Waals surface area contributed by atoms with Gasteiger partial charge in [-0.1, -0.05) is 54.1 Å². The van der Waals surface area contributed by atoms with E-state index in [1.165, 1.54) is 11.0 Å². The predicted molar refractivity (Wildman–Crippen MR) is 159 cm³/mol. The number of hydrogen-bond acceptors (Lipinski definition) is 4. The molecule has 0 bridgehead atoms. The molecule has 0 unspecified atom stereocenters. The summed E-state index contributed by atoms with van der Waals surface area (Å²) in [6, 6.07) is 26.9. The predicted octanol–water partition coefficient (Wildman–Crippen LogP) is 6.98. The Labute approximate surface area is 247 Å². The maximum atomic E-state index is 15.0. The Balaban J connectivity index is 1.57. The number of ketones is 1. The lowest BCUT2D eigenvalue weighted by Crippen LogP contribution is -2.51. The number of amides is 1. The Bertz CT molecular complexity index is 1890. The quantitative estimate of drug-likeness (QED) is 0.263. The van der Waals surface area contributed by atoms with E-state index in [0.29, 0.717) is 57.5 Å². The number of benzene rings is 3. The summed E-state index contributed by atoms with van der Waals surface area (Å²) < 4.78 is 16.7. The molecule has 206 valence electrons. The van der Waals surface area contributed by atoms with Gasteiger partial charge in [-0.25, -0.2) is 4.39 Å². The maximum absolute atomic E-state index is 15.0. The Morgan fingerprint density at radius 2 is 1.69 bits per heavy atom. The zero-order valence-corrected chi connectivity index (χ0v) is 23.2. The summed E-state index contributed by atoms with van der Waals surface area (Å²) in [4.78, 5) is 32.5. The van der Waals surface area contributed by atoms with Crippen LogP contribution >= 0.6 is 11.6 Å². The summed E-state index contributed by atoms with van der Waals surface area (Å²) in [5.41, 5.74) is 1.50. The number of nitriles is 1. The molecule has 4 aromatic rings. The fourth-order valence-electron chi connectivity index (χ4n) is 6.65. The van der Waals surface area contributed by atoms with Crippen LogP contribution in [0.1, 0.15) is 30.4 Å². The number of fused-ring (bicyclic) bond motifs is 3. The van der Waals surface area contributed by atoms with Crippen LogP contribution in [0.2, 0.25) is 5.02 Å². The van der Waals surface area contributed by atoms with Crippen LogP contribution < -0.4 is 9.80 Å². The summed E-state index contributed by atoms with van der Waals surface area (Å²) in [6.45, 7) is -0.0450. The molecule has 3 heterocycles. The van der Waals surface area contributed by atoms with Crippen LogP contribution in [-0.4, -0.2) is 16.3 Å². The molecular weight excluding hydrogens is 551 g/mol. The summed E-state index contributed by atoms with van der Waals surface area (Å²) in [5, 5.41) is 11.5. The van der Waals surface area contributed by atoms with Gasteiger partial charge in [-0.05, 0) is 55.3 Å². The van der Waals surface area contributed by atoms with Crippen molar-refractivity contribution >= 4 is 40.5 Å². The average Bonchev–Trinajstić information content (AvgIpc) is 3.61. The van der Waals surface area contributed by atoms with Crippen molar-refractivity contribution in [3.63, 3.8) is 0 Å². The lowest BCUT2D eigenvalue weighted by atomic mass is 9.63. The molecule has 0 saturated carbocycles. The number of anilines is 2. The standard InChI is InChI=1S/C34H24ClFN4O2/c35-23-10-7-11-24(19-23)40-29-15-8-16-30(41)31(29)34(26(20-37)32(40)38-17-5-6-18-38)25-12-2-4-14-28(25)39(33(34)42)21-22-9-1-3-13-27(22)36/h1-7,9-14,17-19H,8,15-16,21H2/t34-/m1/s1. The van der Waals surface area contributed by atoms with Crippen LogP contribution in [0, 0.1) is 17.1 Å². The average molecular weight is 575 g/mol. The third kappa shape index (κ3) is 3.62. The molecule has 1 atom stereocenters. The van der Waals surface area contributed by atoms with Crippen molar-refractivity contribution < 1.29 is 14.0 Å². The lowest BCUT2D eigenvalue weighted by Gasteiger charge is -2.45. The number of carbonyl (C=O) groups is 2. The Morgan fingerprint density at radius 3 is 2.45 bits per heavy atom. The molecule has 8 heteroatoms. The van der Waals surface area contributed by atoms with E-state index in [2.05, 4.69) is 6.07 Å². The summed E-state index contributed by atoms with van der Waals surface area (Å²) in [6.07, 6.45) is 5.00. The monoisotopic (exact) mass is 574 g/mol. The first-order valence-corrected chi connectivity index (χ1v) is 14.1. The van der Waals surface area contributed by atoms with E-state index in [0.717, 1.165) is 0 Å². The zero-order valence-electron chi connectivity index (χ0n) is 22.4. The van der Waals surface area contributed by atoms with Gasteiger partial charge in [0, 0.05) is 57.6 Å². The number of rotatable bonds is 4. The van der Waals surface area contributed by atoms with Crippen LogP contribution in [-0.2, 0) is 21.5 Å². The summed E-state index contributed by atoms with van der Waals surface area (Å²) in [7, 11) is 0. The van der Waals surface area contributed by atoms with Gasteiger partial charge in [0.05, 0.1) is 12.1 Å². The minimum atomic E-state index is -1.70. The van der Waals surface area contributed by atoms with E-state index in [9.17, 15) is 14.4 Å². The molecule has 1 amide bonds. The van der Waals surface area contributed by atoms with E-state index in [-0.39, 0.29) is 24.3 Å². The number of Topliss-reactive ketones (excluding diaryl/α,β-unsaturated/α-hetero) is 1. The number of aromatic nitrogens is 1. The molecule has 1 aromatic heterocycles. The van der Waals surface area contributed by atoms with E-state index in [4.69, 9.17) is 11.6 Å². The molecular formula is C34H24ClFN4O2. The van der Waals surface area contributed by atoms with Gasteiger partial charge < -0.3 is 9.47 Å². The topological polar surface area (TPSA) is 69.3 Å². The van der Waals surface area contributed by atoms with Gasteiger partial charge in [0.1, 0.15) is 23.1 Å². The fourth-order valence-corrected chi connectivity index (χ4v) is 6.83. The first-order chi connectivity index (χ1) is 20.5. The second-order valence-electron chi connectivity index (χ2n) is 10.6. The molecule has 6 nitrogen and oxygen atoms in total. The van der Waals surface area contributed by atoms with Gasteiger partial charge in [0.15, 0.2) is 5.78 Å². The molecule has 42 heavy (non-hydrogen) atoms. The van der Waals surface area contributed by atoms with Gasteiger partial charge in [-0.15, -0.1) is 0 Å². The van der Waals surface area contributed by atoms with Gasteiger partial charge in [-0.2, -0.15) is 5.26 Å². The van der Waals surface area contributed by atoms with Crippen LogP contribution in [0.5, 0.6) is 0 Å². The number of para-hydroxylation sites is 1. The van der Waals surface area contributed by atoms with E-state index < -0.39 is 17.1 Å². The van der Waals surface area contributed by atoms with E-state index >= 15 is 4.79 Å². The highest BCUT2D eigenvalue weighted by atomic mass is 35.5. The smallest absolute Gasteiger partial charge is 0.248 e. The van der Waals surface area contributed by atoms with E-state index in [1.54, 1.807) is 53.1 Å². The number of nitrogens with zero attached hydrogens (tertiary/aromatic N) is 4. The zero-order chi connectivity index (χ0) is 29.0. The Morgan fingerprint density at radius 1 is 0.929 bits per heavy atom. The highest BCUT2D eigenvalue weighted by Crippen LogP contribution is 2.58. The normalized spacial score (nSPS) is 19.8. The van der Waals surface area contributed by atoms with Crippen molar-refractivity contribution in [1.82, 2.24) is 4.57 Å². The molecule has 0 saturated heterocycles. The second kappa shape index (κ2) is 9.86. The highest BCUT2D eigenvalue weighted by molar-refractivity contribution is 6.31. The fraction of sp³-hybridized carbons (Fsp3) is 0.147. The van der Waals surface area contributed by atoms with E-state index in [1.807, 2.05) is 47.6 Å². The van der Waals surface area contributed by atoms with Crippen molar-refractivity contribution in [1.29, 1.82) is 5.26 Å². The van der Waals surface area contributed by atoms with Crippen LogP contribution in [0.25, 0.3) is 5.82 Å². The summed E-state index contributed by atoms with van der Waals surface area (Å²) in [5.74, 6) is -0.605. The number of halogens is 2. The molecule has 7 rings (SSSR count). The minimum Gasteiger partial charge on any atom is -0.309 e. The van der Waals surface area contributed by atoms with Crippen molar-refractivity contribution in [2.45, 2.75) is 31.2 Å². The number of allylic oxidation sites excluding steroid dienone is 1. The highest BCUT2D eigenvalue weighted by Gasteiger charge is 2.62. The van der Waals surface area contributed by atoms with Gasteiger partial charge in [0.25, 0.3) is 0 Å². The molecule has 2 aliphatic heterocycles. The maximum Gasteiger partial charge on any atom is 0.248 e. The van der Waals surface area contributed by atoms with Crippen molar-refractivity contribution in [3.05, 3.63) is 136 Å².